The van der Waals surface area contributed by atoms with Gasteiger partial charge in [0.2, 0.25) is 0 Å². The number of phenolic OH excluding ortho intramolecular Hbond substituents is 1. The van der Waals surface area contributed by atoms with Gasteiger partial charge in [0.05, 0.1) is 11.3 Å². The number of benzene rings is 2. The molecule has 3 aromatic rings. The Balaban J connectivity index is 2.32. The second-order valence-electron chi connectivity index (χ2n) is 5.80. The van der Waals surface area contributed by atoms with Crippen molar-refractivity contribution in [3.05, 3.63) is 74.2 Å². The average molecular weight is 453 g/mol. The van der Waals surface area contributed by atoms with E-state index in [1.807, 2.05) is 0 Å². The molecule has 1 aromatic heterocycles. The summed E-state index contributed by atoms with van der Waals surface area (Å²) in [4.78, 5) is 14.7. The van der Waals surface area contributed by atoms with Crippen LogP contribution in [0, 0.1) is 17.1 Å². The van der Waals surface area contributed by atoms with Crippen LogP contribution in [0.1, 0.15) is 11.1 Å². The second-order valence-corrected chi connectivity index (χ2v) is 6.72. The zero-order valence-corrected chi connectivity index (χ0v) is 15.3. The maximum atomic E-state index is 13.8. The van der Waals surface area contributed by atoms with Crippen molar-refractivity contribution in [1.82, 2.24) is 4.98 Å². The Morgan fingerprint density at radius 1 is 1.07 bits per heavy atom. The summed E-state index contributed by atoms with van der Waals surface area (Å²) in [5, 5.41) is 19.3. The van der Waals surface area contributed by atoms with Gasteiger partial charge in [-0.25, -0.2) is 4.39 Å². The van der Waals surface area contributed by atoms with Gasteiger partial charge in [-0.2, -0.15) is 18.4 Å². The Morgan fingerprint density at radius 3 is 2.43 bits per heavy atom. The van der Waals surface area contributed by atoms with E-state index in [0.717, 1.165) is 6.07 Å². The molecule has 0 amide bonds. The van der Waals surface area contributed by atoms with Gasteiger partial charge >= 0.3 is 6.18 Å². The topological polar surface area (TPSA) is 76.9 Å². The summed E-state index contributed by atoms with van der Waals surface area (Å²) < 4.78 is 53.5. The molecule has 2 N–H and O–H groups in total. The van der Waals surface area contributed by atoms with Crippen molar-refractivity contribution < 1.29 is 22.7 Å². The van der Waals surface area contributed by atoms with Crippen molar-refractivity contribution in [3.63, 3.8) is 0 Å². The Kier molecular flexibility index (Phi) is 5.00. The molecule has 0 radical (unpaired) electrons. The zero-order chi connectivity index (χ0) is 20.6. The Bertz CT molecular complexity index is 1180. The van der Waals surface area contributed by atoms with Crippen molar-refractivity contribution >= 4 is 15.9 Å². The lowest BCUT2D eigenvalue weighted by Crippen LogP contribution is -2.13. The predicted molar refractivity (Wildman–Crippen MR) is 97.0 cm³/mol. The number of alkyl halides is 3. The minimum atomic E-state index is -4.81. The number of aromatic nitrogens is 1. The molecule has 1 heterocycles. The van der Waals surface area contributed by atoms with Gasteiger partial charge in [-0.3, -0.25) is 4.79 Å². The minimum Gasteiger partial charge on any atom is -0.507 e. The highest BCUT2D eigenvalue weighted by atomic mass is 79.9. The maximum Gasteiger partial charge on any atom is 0.416 e. The lowest BCUT2D eigenvalue weighted by Gasteiger charge is -2.12. The summed E-state index contributed by atoms with van der Waals surface area (Å²) in [7, 11) is 0. The molecule has 0 atom stereocenters. The predicted octanol–water partition coefficient (Wildman–Crippen LogP) is 5.21. The third kappa shape index (κ3) is 3.77. The highest BCUT2D eigenvalue weighted by Crippen LogP contribution is 2.36. The van der Waals surface area contributed by atoms with Crippen LogP contribution >= 0.6 is 15.9 Å². The molecular weight excluding hydrogens is 444 g/mol. The van der Waals surface area contributed by atoms with Crippen molar-refractivity contribution in [1.29, 1.82) is 5.26 Å². The van der Waals surface area contributed by atoms with Crippen LogP contribution in [0.5, 0.6) is 5.75 Å². The fourth-order valence-electron chi connectivity index (χ4n) is 2.68. The van der Waals surface area contributed by atoms with E-state index in [1.165, 1.54) is 18.2 Å². The fourth-order valence-corrected chi connectivity index (χ4v) is 3.04. The van der Waals surface area contributed by atoms with E-state index in [0.29, 0.717) is 16.6 Å². The van der Waals surface area contributed by atoms with E-state index in [-0.39, 0.29) is 28.1 Å². The average Bonchev–Trinajstić information content (AvgIpc) is 2.61. The molecule has 9 heteroatoms. The largest absolute Gasteiger partial charge is 0.507 e. The van der Waals surface area contributed by atoms with E-state index in [1.54, 1.807) is 12.1 Å². The number of H-pyrrole nitrogens is 1. The van der Waals surface area contributed by atoms with Crippen molar-refractivity contribution in [2.24, 2.45) is 0 Å². The van der Waals surface area contributed by atoms with Crippen LogP contribution in [-0.2, 0) is 6.18 Å². The Labute approximate surface area is 163 Å². The number of pyridine rings is 1. The fraction of sp³-hybridized carbons (Fsp3) is 0.0526. The number of rotatable bonds is 2. The molecule has 28 heavy (non-hydrogen) atoms. The van der Waals surface area contributed by atoms with E-state index in [4.69, 9.17) is 0 Å². The molecule has 0 saturated carbocycles. The van der Waals surface area contributed by atoms with Gasteiger partial charge in [-0.1, -0.05) is 15.9 Å². The molecule has 0 saturated heterocycles. The molecule has 3 rings (SSSR count). The van der Waals surface area contributed by atoms with E-state index in [9.17, 15) is 32.7 Å². The smallest absolute Gasteiger partial charge is 0.416 e. The SMILES string of the molecule is N#Cc1c(-c2cc(F)cc(C(F)(F)F)c2)cc(-c2cc(Br)ccc2O)[nH]c1=O. The minimum absolute atomic E-state index is 0.0515. The van der Waals surface area contributed by atoms with Crippen LogP contribution in [-0.4, -0.2) is 10.1 Å². The van der Waals surface area contributed by atoms with Gasteiger partial charge < -0.3 is 10.1 Å². The summed E-state index contributed by atoms with van der Waals surface area (Å²) >= 11 is 3.21. The first-order valence-corrected chi connectivity index (χ1v) is 8.44. The van der Waals surface area contributed by atoms with Crippen molar-refractivity contribution in [2.75, 3.05) is 0 Å². The second kappa shape index (κ2) is 7.13. The van der Waals surface area contributed by atoms with Gasteiger partial charge in [-0.05, 0) is 48.0 Å². The number of hydrogen-bond acceptors (Lipinski definition) is 3. The van der Waals surface area contributed by atoms with E-state index >= 15 is 0 Å². The monoisotopic (exact) mass is 452 g/mol. The van der Waals surface area contributed by atoms with Crippen LogP contribution in [0.2, 0.25) is 0 Å². The number of nitriles is 1. The highest BCUT2D eigenvalue weighted by molar-refractivity contribution is 9.10. The standard InChI is InChI=1S/C19H9BrF4N2O2/c20-11-1-2-17(27)14(6-11)16-7-13(15(8-25)18(28)26-16)9-3-10(19(22,23)24)5-12(21)4-9/h1-7,27H,(H,26,28). The summed E-state index contributed by atoms with van der Waals surface area (Å²) in [5.41, 5.74) is -2.86. The van der Waals surface area contributed by atoms with E-state index < -0.39 is 28.7 Å². The molecule has 0 aliphatic carbocycles. The summed E-state index contributed by atoms with van der Waals surface area (Å²) in [6.45, 7) is 0. The number of nitrogens with one attached hydrogen (secondary N) is 1. The van der Waals surface area contributed by atoms with Crippen LogP contribution < -0.4 is 5.56 Å². The lowest BCUT2D eigenvalue weighted by molar-refractivity contribution is -0.137. The van der Waals surface area contributed by atoms with Gasteiger partial charge in [0.15, 0.2) is 0 Å². The van der Waals surface area contributed by atoms with Crippen LogP contribution in [0.25, 0.3) is 22.4 Å². The summed E-state index contributed by atoms with van der Waals surface area (Å²) in [6, 6.07) is 8.99. The first-order valence-electron chi connectivity index (χ1n) is 7.64. The summed E-state index contributed by atoms with van der Waals surface area (Å²) in [5.74, 6) is -1.37. The first kappa shape index (κ1) is 19.6. The number of aromatic amines is 1. The number of aromatic hydroxyl groups is 1. The normalized spacial score (nSPS) is 11.3. The zero-order valence-electron chi connectivity index (χ0n) is 13.7. The van der Waals surface area contributed by atoms with Gasteiger partial charge in [0, 0.05) is 15.6 Å². The lowest BCUT2D eigenvalue weighted by atomic mass is 9.97. The third-order valence-electron chi connectivity index (χ3n) is 3.93. The van der Waals surface area contributed by atoms with Gasteiger partial charge in [0.25, 0.3) is 5.56 Å². The number of nitrogens with zero attached hydrogens (tertiary/aromatic N) is 1. The molecule has 0 spiro atoms. The molecule has 0 fully saturated rings. The third-order valence-corrected chi connectivity index (χ3v) is 4.42. The van der Waals surface area contributed by atoms with Crippen LogP contribution in [0.15, 0.2) is 51.7 Å². The van der Waals surface area contributed by atoms with Crippen molar-refractivity contribution in [3.8, 4) is 34.2 Å². The Morgan fingerprint density at radius 2 is 1.79 bits per heavy atom. The maximum absolute atomic E-state index is 13.8. The first-order chi connectivity index (χ1) is 13.1. The summed E-state index contributed by atoms with van der Waals surface area (Å²) in [6.07, 6.45) is -4.81. The molecule has 0 aliphatic heterocycles. The Hall–Kier alpha value is -3.12. The van der Waals surface area contributed by atoms with Crippen LogP contribution in [0.4, 0.5) is 17.6 Å². The molecule has 0 aliphatic rings. The van der Waals surface area contributed by atoms with Gasteiger partial charge in [-0.15, -0.1) is 0 Å². The van der Waals surface area contributed by atoms with E-state index in [2.05, 4.69) is 20.9 Å². The molecule has 2 aromatic carbocycles. The van der Waals surface area contributed by atoms with Crippen LogP contribution in [0.3, 0.4) is 0 Å². The molecule has 4 nitrogen and oxygen atoms in total. The highest BCUT2D eigenvalue weighted by Gasteiger charge is 2.31. The quantitative estimate of drug-likeness (QED) is 0.524. The number of phenols is 1. The number of hydrogen-bond donors (Lipinski definition) is 2. The molecule has 0 unspecified atom stereocenters. The van der Waals surface area contributed by atoms with Gasteiger partial charge in [0.1, 0.15) is 23.2 Å². The molecule has 142 valence electrons. The molecule has 0 bridgehead atoms. The van der Waals surface area contributed by atoms with Crippen molar-refractivity contribution in [2.45, 2.75) is 6.18 Å². The number of halogens is 5. The molecular formula is C19H9BrF4N2O2.